The molecule has 0 saturated carbocycles. The summed E-state index contributed by atoms with van der Waals surface area (Å²) in [6.07, 6.45) is 0. The molecule has 0 unspecified atom stereocenters. The van der Waals surface area contributed by atoms with Gasteiger partial charge >= 0.3 is 0 Å². The molecule has 128 valence electrons. The maximum atomic E-state index is 2.46. The Labute approximate surface area is 148 Å². The number of benzene rings is 2. The molecule has 0 fully saturated rings. The molecular formula is C24H32. The van der Waals surface area contributed by atoms with Crippen LogP contribution in [-0.4, -0.2) is 0 Å². The molecule has 0 saturated heterocycles. The molecule has 0 aliphatic heterocycles. The molecule has 0 amide bonds. The smallest absolute Gasteiger partial charge is 0.0152 e. The van der Waals surface area contributed by atoms with Crippen LogP contribution in [0.4, 0.5) is 0 Å². The lowest BCUT2D eigenvalue weighted by Crippen LogP contribution is -2.36. The van der Waals surface area contributed by atoms with Crippen LogP contribution >= 0.6 is 0 Å². The van der Waals surface area contributed by atoms with Gasteiger partial charge in [0.2, 0.25) is 0 Å². The van der Waals surface area contributed by atoms with E-state index in [2.05, 4.69) is 91.8 Å². The highest BCUT2D eigenvalue weighted by Gasteiger charge is 2.41. The number of fused-ring (bicyclic) bond motifs is 2. The first kappa shape index (κ1) is 17.3. The van der Waals surface area contributed by atoms with E-state index in [-0.39, 0.29) is 10.8 Å². The average molecular weight is 321 g/mol. The van der Waals surface area contributed by atoms with Gasteiger partial charge in [-0.25, -0.2) is 0 Å². The van der Waals surface area contributed by atoms with E-state index < -0.39 is 0 Å². The summed E-state index contributed by atoms with van der Waals surface area (Å²) in [5.74, 6) is 1.14. The summed E-state index contributed by atoms with van der Waals surface area (Å²) in [4.78, 5) is 0. The second kappa shape index (κ2) is 5.48. The van der Waals surface area contributed by atoms with Gasteiger partial charge in [-0.2, -0.15) is 0 Å². The molecule has 0 heterocycles. The van der Waals surface area contributed by atoms with Crippen molar-refractivity contribution in [1.29, 1.82) is 0 Å². The second-order valence-corrected chi connectivity index (χ2v) is 9.17. The Kier molecular flexibility index (Phi) is 3.94. The summed E-state index contributed by atoms with van der Waals surface area (Å²) >= 11 is 0. The molecule has 0 bridgehead atoms. The second-order valence-electron chi connectivity index (χ2n) is 9.17. The highest BCUT2D eigenvalue weighted by molar-refractivity contribution is 5.60. The number of hydrogen-bond donors (Lipinski definition) is 0. The first-order valence-electron chi connectivity index (χ1n) is 9.36. The molecular weight excluding hydrogens is 288 g/mol. The van der Waals surface area contributed by atoms with E-state index in [1.54, 1.807) is 0 Å². The third-order valence-electron chi connectivity index (χ3n) is 6.11. The van der Waals surface area contributed by atoms with Gasteiger partial charge in [-0.1, -0.05) is 91.8 Å². The Balaban J connectivity index is 2.30. The van der Waals surface area contributed by atoms with Gasteiger partial charge in [-0.05, 0) is 45.2 Å². The molecule has 1 aliphatic rings. The highest BCUT2D eigenvalue weighted by Crippen LogP contribution is 2.50. The summed E-state index contributed by atoms with van der Waals surface area (Å²) in [5, 5.41) is 0. The van der Waals surface area contributed by atoms with Crippen molar-refractivity contribution in [2.24, 2.45) is 0 Å². The minimum absolute atomic E-state index is 0.0561. The van der Waals surface area contributed by atoms with Crippen molar-refractivity contribution in [1.82, 2.24) is 0 Å². The minimum Gasteiger partial charge on any atom is -0.0587 e. The van der Waals surface area contributed by atoms with Gasteiger partial charge in [0.05, 0.1) is 0 Å². The zero-order valence-electron chi connectivity index (χ0n) is 16.6. The van der Waals surface area contributed by atoms with Crippen molar-refractivity contribution in [2.75, 3.05) is 0 Å². The van der Waals surface area contributed by atoms with Gasteiger partial charge in [-0.15, -0.1) is 0 Å². The van der Waals surface area contributed by atoms with Gasteiger partial charge < -0.3 is 0 Å². The van der Waals surface area contributed by atoms with Crippen molar-refractivity contribution in [3.05, 3.63) is 69.8 Å². The van der Waals surface area contributed by atoms with Gasteiger partial charge in [0.1, 0.15) is 0 Å². The summed E-state index contributed by atoms with van der Waals surface area (Å²) in [5.41, 5.74) is 8.99. The monoisotopic (exact) mass is 320 g/mol. The van der Waals surface area contributed by atoms with Crippen molar-refractivity contribution >= 4 is 0 Å². The fraction of sp³-hybridized carbons (Fsp3) is 0.500. The van der Waals surface area contributed by atoms with E-state index in [4.69, 9.17) is 0 Å². The van der Waals surface area contributed by atoms with Gasteiger partial charge in [0.15, 0.2) is 0 Å². The molecule has 0 N–H and O–H groups in total. The average Bonchev–Trinajstić information content (AvgIpc) is 2.52. The van der Waals surface area contributed by atoms with Crippen molar-refractivity contribution in [3.8, 4) is 0 Å². The molecule has 24 heavy (non-hydrogen) atoms. The Morgan fingerprint density at radius 1 is 0.542 bits per heavy atom. The quantitative estimate of drug-likeness (QED) is 0.564. The summed E-state index contributed by atoms with van der Waals surface area (Å²) in [6, 6.07) is 14.4. The molecule has 0 aromatic heterocycles. The first-order valence-corrected chi connectivity index (χ1v) is 9.36. The van der Waals surface area contributed by atoms with Gasteiger partial charge in [-0.3, -0.25) is 0 Å². The predicted molar refractivity (Wildman–Crippen MR) is 105 cm³/mol. The maximum absolute atomic E-state index is 2.46. The highest BCUT2D eigenvalue weighted by atomic mass is 14.4. The lowest BCUT2D eigenvalue weighted by atomic mass is 9.59. The van der Waals surface area contributed by atoms with Crippen LogP contribution in [0.1, 0.15) is 101 Å². The van der Waals surface area contributed by atoms with E-state index in [1.807, 2.05) is 0 Å². The lowest BCUT2D eigenvalue weighted by Gasteiger charge is -2.44. The van der Waals surface area contributed by atoms with Crippen molar-refractivity contribution in [3.63, 3.8) is 0 Å². The van der Waals surface area contributed by atoms with Crippen molar-refractivity contribution in [2.45, 2.75) is 78.1 Å². The standard InChI is InChI=1S/C24H32/c1-15(2)17-9-11-19-21(13-17)23(5,6)20-12-10-18(16(3)4)14-22(20)24(19,7)8/h9-16H,1-8H3. The normalized spacial score (nSPS) is 17.8. The largest absolute Gasteiger partial charge is 0.0587 e. The third-order valence-corrected chi connectivity index (χ3v) is 6.11. The molecule has 0 radical (unpaired) electrons. The van der Waals surface area contributed by atoms with Crippen LogP contribution in [0.3, 0.4) is 0 Å². The summed E-state index contributed by atoms with van der Waals surface area (Å²) in [7, 11) is 0. The molecule has 2 aromatic rings. The van der Waals surface area contributed by atoms with E-state index >= 15 is 0 Å². The molecule has 0 atom stereocenters. The lowest BCUT2D eigenvalue weighted by molar-refractivity contribution is 0.518. The van der Waals surface area contributed by atoms with E-state index in [9.17, 15) is 0 Å². The Morgan fingerprint density at radius 3 is 1.17 bits per heavy atom. The van der Waals surface area contributed by atoms with Crippen LogP contribution in [-0.2, 0) is 10.8 Å². The predicted octanol–water partition coefficient (Wildman–Crippen LogP) is 6.90. The summed E-state index contributed by atoms with van der Waals surface area (Å²) < 4.78 is 0. The maximum Gasteiger partial charge on any atom is 0.0152 e. The molecule has 2 aromatic carbocycles. The van der Waals surface area contributed by atoms with E-state index in [1.165, 1.54) is 33.4 Å². The Hall–Kier alpha value is -1.56. The van der Waals surface area contributed by atoms with Crippen LogP contribution in [0.15, 0.2) is 36.4 Å². The van der Waals surface area contributed by atoms with Crippen LogP contribution in [0, 0.1) is 0 Å². The fourth-order valence-electron chi connectivity index (χ4n) is 4.26. The van der Waals surface area contributed by atoms with Crippen LogP contribution in [0.2, 0.25) is 0 Å². The third kappa shape index (κ3) is 2.42. The number of hydrogen-bond acceptors (Lipinski definition) is 0. The topological polar surface area (TPSA) is 0 Å². The fourth-order valence-corrected chi connectivity index (χ4v) is 4.26. The zero-order valence-corrected chi connectivity index (χ0v) is 16.6. The summed E-state index contributed by atoms with van der Waals surface area (Å²) in [6.45, 7) is 18.7. The minimum atomic E-state index is 0.0561. The van der Waals surface area contributed by atoms with Gasteiger partial charge in [0, 0.05) is 10.8 Å². The van der Waals surface area contributed by atoms with Gasteiger partial charge in [0.25, 0.3) is 0 Å². The zero-order chi connectivity index (χ0) is 17.9. The molecule has 0 heteroatoms. The van der Waals surface area contributed by atoms with E-state index in [0.29, 0.717) is 11.8 Å². The Morgan fingerprint density at radius 2 is 0.875 bits per heavy atom. The SMILES string of the molecule is CC(C)c1ccc2c(c1)C(C)(C)c1ccc(C(C)C)cc1C2(C)C. The van der Waals surface area contributed by atoms with Crippen LogP contribution in [0.25, 0.3) is 0 Å². The van der Waals surface area contributed by atoms with Crippen LogP contribution in [0.5, 0.6) is 0 Å². The first-order chi connectivity index (χ1) is 11.1. The molecule has 1 aliphatic carbocycles. The number of rotatable bonds is 2. The molecule has 0 nitrogen and oxygen atoms in total. The van der Waals surface area contributed by atoms with Crippen molar-refractivity contribution < 1.29 is 0 Å². The van der Waals surface area contributed by atoms with E-state index in [0.717, 1.165) is 0 Å². The van der Waals surface area contributed by atoms with Crippen LogP contribution < -0.4 is 0 Å². The molecule has 0 spiro atoms. The molecule has 3 rings (SSSR count). The Bertz CT molecular complexity index is 705.